The van der Waals surface area contributed by atoms with Crippen LogP contribution in [-0.4, -0.2) is 37.9 Å². The fraction of sp³-hybridized carbons (Fsp3) is 0.364. The third-order valence-corrected chi connectivity index (χ3v) is 3.17. The van der Waals surface area contributed by atoms with E-state index in [9.17, 15) is 0 Å². The lowest BCUT2D eigenvalue weighted by Crippen LogP contribution is -2.08. The molecule has 0 amide bonds. The van der Waals surface area contributed by atoms with Gasteiger partial charge in [0.05, 0.1) is 0 Å². The summed E-state index contributed by atoms with van der Waals surface area (Å²) >= 11 is 1.84. The van der Waals surface area contributed by atoms with Crippen LogP contribution in [-0.2, 0) is 0 Å². The van der Waals surface area contributed by atoms with Gasteiger partial charge < -0.3 is 5.32 Å². The lowest BCUT2D eigenvalue weighted by molar-refractivity contribution is 0.874. The number of hydrogen-bond acceptors (Lipinski definition) is 5. The second kappa shape index (κ2) is 5.67. The van der Waals surface area contributed by atoms with Crippen LogP contribution in [0.4, 0.5) is 5.82 Å². The molecule has 0 aliphatic heterocycles. The van der Waals surface area contributed by atoms with Gasteiger partial charge in [0.25, 0.3) is 0 Å². The van der Waals surface area contributed by atoms with Crippen molar-refractivity contribution in [2.45, 2.75) is 6.92 Å². The van der Waals surface area contributed by atoms with E-state index in [-0.39, 0.29) is 0 Å². The summed E-state index contributed by atoms with van der Waals surface area (Å²) < 4.78 is 1.74. The van der Waals surface area contributed by atoms with E-state index in [0.717, 1.165) is 35.3 Å². The number of aromatic nitrogens is 4. The minimum atomic E-state index is 0.772. The molecule has 2 aromatic heterocycles. The Hall–Kier alpha value is -1.56. The van der Waals surface area contributed by atoms with E-state index in [4.69, 9.17) is 0 Å². The Bertz CT molecular complexity index is 508. The van der Waals surface area contributed by atoms with Crippen LogP contribution in [0.3, 0.4) is 0 Å². The smallest absolute Gasteiger partial charge is 0.178 e. The van der Waals surface area contributed by atoms with E-state index < -0.39 is 0 Å². The monoisotopic (exact) mass is 249 g/mol. The second-order valence-electron chi connectivity index (χ2n) is 3.53. The van der Waals surface area contributed by atoms with Crippen molar-refractivity contribution in [3.05, 3.63) is 30.6 Å². The molecule has 0 unspecified atom stereocenters. The zero-order chi connectivity index (χ0) is 12.1. The molecule has 5 nitrogen and oxygen atoms in total. The van der Waals surface area contributed by atoms with Gasteiger partial charge in [0, 0.05) is 18.1 Å². The Kier molecular flexibility index (Phi) is 3.98. The lowest BCUT2D eigenvalue weighted by Gasteiger charge is -2.04. The zero-order valence-electron chi connectivity index (χ0n) is 9.76. The van der Waals surface area contributed by atoms with Crippen molar-refractivity contribution in [2.24, 2.45) is 0 Å². The zero-order valence-corrected chi connectivity index (χ0v) is 10.6. The average molecular weight is 249 g/mol. The third kappa shape index (κ3) is 2.97. The maximum Gasteiger partial charge on any atom is 0.178 e. The van der Waals surface area contributed by atoms with Gasteiger partial charge in [0.15, 0.2) is 11.5 Å². The molecule has 2 aromatic rings. The van der Waals surface area contributed by atoms with Gasteiger partial charge in [-0.2, -0.15) is 16.3 Å². The minimum absolute atomic E-state index is 0.772. The SMILES string of the molecule is C=CCSCCNc1ccc2nnc(C)n2n1. The largest absolute Gasteiger partial charge is 0.368 e. The predicted octanol–water partition coefficient (Wildman–Crippen LogP) is 1.76. The predicted molar refractivity (Wildman–Crippen MR) is 71.5 cm³/mol. The number of fused-ring (bicyclic) bond motifs is 1. The van der Waals surface area contributed by atoms with Crippen LogP contribution in [0.15, 0.2) is 24.8 Å². The van der Waals surface area contributed by atoms with Crippen molar-refractivity contribution in [2.75, 3.05) is 23.4 Å². The summed E-state index contributed by atoms with van der Waals surface area (Å²) in [5, 5.41) is 15.6. The van der Waals surface area contributed by atoms with Crippen molar-refractivity contribution >= 4 is 23.2 Å². The average Bonchev–Trinajstić information content (AvgIpc) is 2.71. The summed E-state index contributed by atoms with van der Waals surface area (Å²) in [6, 6.07) is 3.83. The molecule has 2 rings (SSSR count). The highest BCUT2D eigenvalue weighted by Crippen LogP contribution is 2.07. The van der Waals surface area contributed by atoms with Crippen molar-refractivity contribution < 1.29 is 0 Å². The fourth-order valence-electron chi connectivity index (χ4n) is 1.41. The number of aryl methyl sites for hydroxylation is 1. The number of nitrogens with zero attached hydrogens (tertiary/aromatic N) is 4. The Labute approximate surface area is 104 Å². The molecule has 0 aliphatic rings. The van der Waals surface area contributed by atoms with Gasteiger partial charge in [-0.1, -0.05) is 6.08 Å². The summed E-state index contributed by atoms with van der Waals surface area (Å²) in [5.41, 5.74) is 0.772. The highest BCUT2D eigenvalue weighted by molar-refractivity contribution is 7.99. The molecule has 0 fully saturated rings. The molecule has 2 heterocycles. The molecule has 0 spiro atoms. The van der Waals surface area contributed by atoms with E-state index in [1.54, 1.807) is 4.52 Å². The number of nitrogens with one attached hydrogen (secondary N) is 1. The number of anilines is 1. The minimum Gasteiger partial charge on any atom is -0.368 e. The standard InChI is InChI=1S/C11H15N5S/c1-3-7-17-8-6-12-10-4-5-11-14-13-9(2)16(11)15-10/h3-5H,1,6-8H2,2H3,(H,12,15). The molecule has 17 heavy (non-hydrogen) atoms. The van der Waals surface area contributed by atoms with Gasteiger partial charge in [0.1, 0.15) is 5.82 Å². The number of hydrogen-bond donors (Lipinski definition) is 1. The van der Waals surface area contributed by atoms with Gasteiger partial charge in [-0.3, -0.25) is 0 Å². The number of thioether (sulfide) groups is 1. The van der Waals surface area contributed by atoms with Crippen LogP contribution in [0.25, 0.3) is 5.65 Å². The molecule has 0 aliphatic carbocycles. The molecule has 0 saturated heterocycles. The quantitative estimate of drug-likeness (QED) is 0.624. The van der Waals surface area contributed by atoms with E-state index in [0.29, 0.717) is 0 Å². The van der Waals surface area contributed by atoms with E-state index in [1.807, 2.05) is 36.9 Å². The summed E-state index contributed by atoms with van der Waals surface area (Å²) in [5.74, 6) is 3.66. The molecule has 0 atom stereocenters. The van der Waals surface area contributed by atoms with Gasteiger partial charge in [-0.15, -0.1) is 21.9 Å². The van der Waals surface area contributed by atoms with Gasteiger partial charge in [0.2, 0.25) is 0 Å². The van der Waals surface area contributed by atoms with Crippen LogP contribution in [0.2, 0.25) is 0 Å². The van der Waals surface area contributed by atoms with Crippen molar-refractivity contribution in [3.63, 3.8) is 0 Å². The maximum atomic E-state index is 4.40. The van der Waals surface area contributed by atoms with Crippen molar-refractivity contribution in [3.8, 4) is 0 Å². The third-order valence-electron chi connectivity index (χ3n) is 2.21. The summed E-state index contributed by atoms with van der Waals surface area (Å²) in [6.07, 6.45) is 1.91. The van der Waals surface area contributed by atoms with Gasteiger partial charge in [-0.05, 0) is 19.1 Å². The second-order valence-corrected chi connectivity index (χ2v) is 4.68. The fourth-order valence-corrected chi connectivity index (χ4v) is 1.99. The Morgan fingerprint density at radius 3 is 3.18 bits per heavy atom. The molecule has 6 heteroatoms. The van der Waals surface area contributed by atoms with Crippen LogP contribution in [0, 0.1) is 6.92 Å². The number of rotatable bonds is 6. The van der Waals surface area contributed by atoms with Crippen LogP contribution >= 0.6 is 11.8 Å². The Morgan fingerprint density at radius 1 is 1.47 bits per heavy atom. The highest BCUT2D eigenvalue weighted by atomic mass is 32.2. The first-order valence-electron chi connectivity index (χ1n) is 5.43. The molecule has 1 N–H and O–H groups in total. The summed E-state index contributed by atoms with van der Waals surface area (Å²) in [6.45, 7) is 6.46. The molecule has 90 valence electrons. The van der Waals surface area contributed by atoms with E-state index in [2.05, 4.69) is 27.2 Å². The maximum absolute atomic E-state index is 4.40. The van der Waals surface area contributed by atoms with Crippen molar-refractivity contribution in [1.29, 1.82) is 0 Å². The lowest BCUT2D eigenvalue weighted by atomic mass is 10.5. The normalized spacial score (nSPS) is 10.6. The van der Waals surface area contributed by atoms with E-state index >= 15 is 0 Å². The molecule has 0 saturated carbocycles. The highest BCUT2D eigenvalue weighted by Gasteiger charge is 2.02. The van der Waals surface area contributed by atoms with Crippen LogP contribution in [0.5, 0.6) is 0 Å². The summed E-state index contributed by atoms with van der Waals surface area (Å²) in [4.78, 5) is 0. The van der Waals surface area contributed by atoms with Crippen molar-refractivity contribution in [1.82, 2.24) is 19.8 Å². The molecular formula is C11H15N5S. The van der Waals surface area contributed by atoms with E-state index in [1.165, 1.54) is 0 Å². The molecule has 0 radical (unpaired) electrons. The molecule has 0 bridgehead atoms. The van der Waals surface area contributed by atoms with Gasteiger partial charge >= 0.3 is 0 Å². The summed E-state index contributed by atoms with van der Waals surface area (Å²) in [7, 11) is 0. The first-order valence-corrected chi connectivity index (χ1v) is 6.58. The first kappa shape index (κ1) is 11.9. The Morgan fingerprint density at radius 2 is 2.35 bits per heavy atom. The van der Waals surface area contributed by atoms with Crippen LogP contribution in [0.1, 0.15) is 5.82 Å². The molecule has 0 aromatic carbocycles. The Balaban J connectivity index is 1.94. The topological polar surface area (TPSA) is 55.1 Å². The first-order chi connectivity index (χ1) is 8.31. The van der Waals surface area contributed by atoms with Crippen LogP contribution < -0.4 is 5.32 Å². The van der Waals surface area contributed by atoms with Gasteiger partial charge in [-0.25, -0.2) is 0 Å². The molecular weight excluding hydrogens is 234 g/mol.